The molecule has 2 amide bonds. The van der Waals surface area contributed by atoms with E-state index in [9.17, 15) is 9.90 Å². The van der Waals surface area contributed by atoms with Crippen molar-refractivity contribution in [2.75, 3.05) is 26.2 Å². The quantitative estimate of drug-likeness (QED) is 0.748. The molecule has 0 unspecified atom stereocenters. The number of nitrogens with zero attached hydrogens (tertiary/aromatic N) is 1. The smallest absolute Gasteiger partial charge is 0.314 e. The molecule has 1 aliphatic rings. The second kappa shape index (κ2) is 7.84. The number of urea groups is 1. The largest absolute Gasteiger partial charge is 0.463 e. The average molecular weight is 323 g/mol. The van der Waals surface area contributed by atoms with E-state index in [1.165, 1.54) is 12.8 Å². The zero-order valence-corrected chi connectivity index (χ0v) is 14.4. The minimum atomic E-state index is -1.22. The summed E-state index contributed by atoms with van der Waals surface area (Å²) in [4.78, 5) is 14.4. The number of carbonyl (C=O) groups excluding carboxylic acids is 1. The maximum absolute atomic E-state index is 12.0. The van der Waals surface area contributed by atoms with Crippen LogP contribution in [0.1, 0.15) is 44.6 Å². The molecule has 0 bridgehead atoms. The number of aliphatic hydroxyl groups is 1. The van der Waals surface area contributed by atoms with Crippen LogP contribution in [0.5, 0.6) is 0 Å². The molecule has 1 aromatic rings. The minimum absolute atomic E-state index is 0.105. The maximum atomic E-state index is 12.0. The van der Waals surface area contributed by atoms with Gasteiger partial charge in [-0.15, -0.1) is 0 Å². The molecule has 130 valence electrons. The van der Waals surface area contributed by atoms with Crippen LogP contribution in [-0.2, 0) is 5.60 Å². The SMILES string of the molecule is CCN1CCCC[C@H]1CNC(=O)NC[C@@](C)(O)c1ccc(C)o1. The predicted octanol–water partition coefficient (Wildman–Crippen LogP) is 1.97. The van der Waals surface area contributed by atoms with Crippen molar-refractivity contribution >= 4 is 6.03 Å². The lowest BCUT2D eigenvalue weighted by molar-refractivity contribution is 0.0359. The lowest BCUT2D eigenvalue weighted by atomic mass is 10.0. The normalized spacial score (nSPS) is 21.7. The van der Waals surface area contributed by atoms with E-state index >= 15 is 0 Å². The number of furan rings is 1. The van der Waals surface area contributed by atoms with Crippen molar-refractivity contribution in [3.8, 4) is 0 Å². The number of hydrogen-bond donors (Lipinski definition) is 3. The Morgan fingerprint density at radius 3 is 2.87 bits per heavy atom. The van der Waals surface area contributed by atoms with Gasteiger partial charge in [0, 0.05) is 12.6 Å². The monoisotopic (exact) mass is 323 g/mol. The molecule has 0 radical (unpaired) electrons. The maximum Gasteiger partial charge on any atom is 0.314 e. The van der Waals surface area contributed by atoms with E-state index in [1.54, 1.807) is 19.1 Å². The minimum Gasteiger partial charge on any atom is -0.463 e. The number of aryl methyl sites for hydroxylation is 1. The van der Waals surface area contributed by atoms with E-state index in [-0.39, 0.29) is 12.6 Å². The second-order valence-corrected chi connectivity index (χ2v) is 6.53. The van der Waals surface area contributed by atoms with Gasteiger partial charge in [0.15, 0.2) is 0 Å². The van der Waals surface area contributed by atoms with E-state index in [0.717, 1.165) is 25.3 Å². The molecular formula is C17H29N3O3. The lowest BCUT2D eigenvalue weighted by Crippen LogP contribution is -2.50. The highest BCUT2D eigenvalue weighted by atomic mass is 16.4. The molecule has 3 N–H and O–H groups in total. The van der Waals surface area contributed by atoms with Gasteiger partial charge in [0.1, 0.15) is 17.1 Å². The number of carbonyl (C=O) groups is 1. The van der Waals surface area contributed by atoms with Crippen molar-refractivity contribution < 1.29 is 14.3 Å². The van der Waals surface area contributed by atoms with Crippen molar-refractivity contribution in [3.63, 3.8) is 0 Å². The zero-order valence-electron chi connectivity index (χ0n) is 14.4. The average Bonchev–Trinajstić information content (AvgIpc) is 2.98. The molecule has 0 saturated carbocycles. The van der Waals surface area contributed by atoms with Crippen LogP contribution in [0.25, 0.3) is 0 Å². The molecule has 0 aliphatic carbocycles. The Morgan fingerprint density at radius 2 is 2.22 bits per heavy atom. The Labute approximate surface area is 138 Å². The van der Waals surface area contributed by atoms with Crippen LogP contribution in [0, 0.1) is 6.92 Å². The highest BCUT2D eigenvalue weighted by Gasteiger charge is 2.27. The van der Waals surface area contributed by atoms with E-state index in [1.807, 2.05) is 6.92 Å². The Morgan fingerprint density at radius 1 is 1.43 bits per heavy atom. The van der Waals surface area contributed by atoms with Crippen LogP contribution in [0.15, 0.2) is 16.5 Å². The van der Waals surface area contributed by atoms with Gasteiger partial charge in [0.25, 0.3) is 0 Å². The Bertz CT molecular complexity index is 513. The number of piperidine rings is 1. The molecule has 23 heavy (non-hydrogen) atoms. The Kier molecular flexibility index (Phi) is 6.07. The number of likely N-dealkylation sites (tertiary alicyclic amines) is 1. The van der Waals surface area contributed by atoms with Gasteiger partial charge in [-0.3, -0.25) is 4.90 Å². The fourth-order valence-electron chi connectivity index (χ4n) is 3.04. The summed E-state index contributed by atoms with van der Waals surface area (Å²) in [5.74, 6) is 1.20. The highest BCUT2D eigenvalue weighted by molar-refractivity contribution is 5.73. The van der Waals surface area contributed by atoms with Gasteiger partial charge in [-0.1, -0.05) is 13.3 Å². The van der Waals surface area contributed by atoms with Gasteiger partial charge < -0.3 is 20.2 Å². The standard InChI is InChI=1S/C17H29N3O3/c1-4-20-10-6-5-7-14(20)11-18-16(21)19-12-17(3,22)15-9-8-13(2)23-15/h8-9,14,22H,4-7,10-12H2,1-3H3,(H2,18,19,21)/t14-,17+/m0/s1. The van der Waals surface area contributed by atoms with Crippen LogP contribution in [0.4, 0.5) is 4.79 Å². The van der Waals surface area contributed by atoms with Gasteiger partial charge in [-0.2, -0.15) is 0 Å². The molecule has 2 rings (SSSR count). The van der Waals surface area contributed by atoms with E-state index in [0.29, 0.717) is 18.3 Å². The highest BCUT2D eigenvalue weighted by Crippen LogP contribution is 2.21. The first-order valence-corrected chi connectivity index (χ1v) is 8.47. The van der Waals surface area contributed by atoms with E-state index < -0.39 is 5.60 Å². The summed E-state index contributed by atoms with van der Waals surface area (Å²) in [6.45, 7) is 8.48. The molecule has 2 atom stereocenters. The fourth-order valence-corrected chi connectivity index (χ4v) is 3.04. The Balaban J connectivity index is 1.76. The molecule has 6 heteroatoms. The van der Waals surface area contributed by atoms with Crippen molar-refractivity contribution in [3.05, 3.63) is 23.7 Å². The first-order chi connectivity index (χ1) is 10.9. The van der Waals surface area contributed by atoms with Gasteiger partial charge >= 0.3 is 6.03 Å². The number of rotatable bonds is 6. The third-order valence-electron chi connectivity index (χ3n) is 4.52. The summed E-state index contributed by atoms with van der Waals surface area (Å²) in [7, 11) is 0. The number of likely N-dealkylation sites (N-methyl/N-ethyl adjacent to an activating group) is 1. The van der Waals surface area contributed by atoms with Gasteiger partial charge in [-0.25, -0.2) is 4.79 Å². The summed E-state index contributed by atoms with van der Waals surface area (Å²) in [6, 6.07) is 3.69. The summed E-state index contributed by atoms with van der Waals surface area (Å²) in [6.07, 6.45) is 3.58. The number of amides is 2. The van der Waals surface area contributed by atoms with Gasteiger partial charge in [0.2, 0.25) is 0 Å². The molecule has 0 spiro atoms. The zero-order chi connectivity index (χ0) is 16.9. The van der Waals surface area contributed by atoms with Crippen LogP contribution >= 0.6 is 0 Å². The molecule has 1 saturated heterocycles. The number of hydrogen-bond acceptors (Lipinski definition) is 4. The van der Waals surface area contributed by atoms with E-state index in [2.05, 4.69) is 22.5 Å². The molecule has 1 aromatic heterocycles. The van der Waals surface area contributed by atoms with Crippen molar-refractivity contribution in [1.82, 2.24) is 15.5 Å². The van der Waals surface area contributed by atoms with Gasteiger partial charge in [0.05, 0.1) is 6.54 Å². The summed E-state index contributed by atoms with van der Waals surface area (Å²) in [5, 5.41) is 16.0. The first-order valence-electron chi connectivity index (χ1n) is 8.47. The molecule has 1 fully saturated rings. The molecule has 6 nitrogen and oxygen atoms in total. The predicted molar refractivity (Wildman–Crippen MR) is 89.3 cm³/mol. The molecule has 0 aromatic carbocycles. The van der Waals surface area contributed by atoms with Crippen LogP contribution in [-0.4, -0.2) is 48.3 Å². The lowest BCUT2D eigenvalue weighted by Gasteiger charge is -2.35. The summed E-state index contributed by atoms with van der Waals surface area (Å²) >= 11 is 0. The van der Waals surface area contributed by atoms with Crippen molar-refractivity contribution in [1.29, 1.82) is 0 Å². The van der Waals surface area contributed by atoms with E-state index in [4.69, 9.17) is 4.42 Å². The molecule has 1 aliphatic heterocycles. The fraction of sp³-hybridized carbons (Fsp3) is 0.706. The third kappa shape index (κ3) is 4.97. The second-order valence-electron chi connectivity index (χ2n) is 6.53. The third-order valence-corrected chi connectivity index (χ3v) is 4.52. The number of nitrogens with one attached hydrogen (secondary N) is 2. The Hall–Kier alpha value is -1.53. The topological polar surface area (TPSA) is 77.7 Å². The van der Waals surface area contributed by atoms with Crippen molar-refractivity contribution in [2.45, 2.75) is 51.7 Å². The summed E-state index contributed by atoms with van der Waals surface area (Å²) in [5.41, 5.74) is -1.22. The van der Waals surface area contributed by atoms with Crippen LogP contribution in [0.3, 0.4) is 0 Å². The molecule has 2 heterocycles. The summed E-state index contributed by atoms with van der Waals surface area (Å²) < 4.78 is 5.44. The first kappa shape index (κ1) is 17.8. The van der Waals surface area contributed by atoms with Crippen molar-refractivity contribution in [2.24, 2.45) is 0 Å². The molecular weight excluding hydrogens is 294 g/mol. The van der Waals surface area contributed by atoms with Crippen LogP contribution in [0.2, 0.25) is 0 Å². The van der Waals surface area contributed by atoms with Crippen LogP contribution < -0.4 is 10.6 Å². The van der Waals surface area contributed by atoms with Gasteiger partial charge in [-0.05, 0) is 51.9 Å².